The largest absolute Gasteiger partial charge is 0.325 e. The molecule has 0 aliphatic heterocycles. The van der Waals surface area contributed by atoms with Crippen molar-refractivity contribution in [2.45, 2.75) is 38.9 Å². The Hall–Kier alpha value is -3.13. The summed E-state index contributed by atoms with van der Waals surface area (Å²) in [6.45, 7) is 6.53. The first-order chi connectivity index (χ1) is 14.5. The molecule has 0 radical (unpaired) electrons. The van der Waals surface area contributed by atoms with E-state index in [1.165, 1.54) is 11.8 Å². The number of aryl methyl sites for hydroxylation is 3. The first-order valence-electron chi connectivity index (χ1n) is 9.86. The third-order valence-electron chi connectivity index (χ3n) is 4.92. The number of rotatable bonds is 6. The molecule has 4 rings (SSSR count). The van der Waals surface area contributed by atoms with E-state index in [0.29, 0.717) is 22.9 Å². The average Bonchev–Trinajstić information content (AvgIpc) is 3.16. The van der Waals surface area contributed by atoms with Gasteiger partial charge in [0.15, 0.2) is 5.16 Å². The van der Waals surface area contributed by atoms with Crippen molar-refractivity contribution in [3.05, 3.63) is 63.9 Å². The van der Waals surface area contributed by atoms with Crippen LogP contribution in [0.1, 0.15) is 24.5 Å². The van der Waals surface area contributed by atoms with E-state index >= 15 is 0 Å². The standard InChI is InChI=1S/C22H23N5O2S/c1-4-11-26-20(29)16-7-5-6-8-18(16)27-21(26)24-25-22(27)30-13-19(28)23-17-12-14(2)9-10-15(17)3/h5-10,12H,4,11,13H2,1-3H3,(H,23,28). The van der Waals surface area contributed by atoms with Gasteiger partial charge in [-0.2, -0.15) is 0 Å². The van der Waals surface area contributed by atoms with Crippen LogP contribution in [0.5, 0.6) is 0 Å². The number of carbonyl (C=O) groups is 1. The lowest BCUT2D eigenvalue weighted by molar-refractivity contribution is -0.113. The van der Waals surface area contributed by atoms with Gasteiger partial charge in [-0.05, 0) is 49.6 Å². The molecule has 0 fully saturated rings. The molecule has 0 spiro atoms. The van der Waals surface area contributed by atoms with Crippen LogP contribution < -0.4 is 10.9 Å². The maximum Gasteiger partial charge on any atom is 0.262 e. The van der Waals surface area contributed by atoms with Crippen molar-refractivity contribution in [3.63, 3.8) is 0 Å². The SMILES string of the molecule is CCCn1c(=O)c2ccccc2n2c(SCC(=O)Nc3cc(C)ccc3C)nnc12. The zero-order chi connectivity index (χ0) is 21.3. The van der Waals surface area contributed by atoms with Crippen LogP contribution >= 0.6 is 11.8 Å². The van der Waals surface area contributed by atoms with Crippen molar-refractivity contribution < 1.29 is 4.79 Å². The lowest BCUT2D eigenvalue weighted by Crippen LogP contribution is -2.23. The van der Waals surface area contributed by atoms with Gasteiger partial charge in [0.1, 0.15) is 0 Å². The van der Waals surface area contributed by atoms with Crippen molar-refractivity contribution >= 4 is 40.0 Å². The number of benzene rings is 2. The highest BCUT2D eigenvalue weighted by atomic mass is 32.2. The molecule has 1 amide bonds. The van der Waals surface area contributed by atoms with Gasteiger partial charge in [0.05, 0.1) is 16.7 Å². The molecule has 0 unspecified atom stereocenters. The van der Waals surface area contributed by atoms with Crippen LogP contribution in [-0.4, -0.2) is 30.8 Å². The van der Waals surface area contributed by atoms with Crippen LogP contribution in [0.2, 0.25) is 0 Å². The lowest BCUT2D eigenvalue weighted by atomic mass is 10.1. The van der Waals surface area contributed by atoms with E-state index < -0.39 is 0 Å². The number of nitrogens with zero attached hydrogens (tertiary/aromatic N) is 4. The monoisotopic (exact) mass is 421 g/mol. The summed E-state index contributed by atoms with van der Waals surface area (Å²) in [5.74, 6) is 0.574. The van der Waals surface area contributed by atoms with Gasteiger partial charge in [-0.15, -0.1) is 10.2 Å². The summed E-state index contributed by atoms with van der Waals surface area (Å²) in [7, 11) is 0. The van der Waals surface area contributed by atoms with Gasteiger partial charge >= 0.3 is 0 Å². The van der Waals surface area contributed by atoms with Crippen molar-refractivity contribution in [1.82, 2.24) is 19.2 Å². The number of nitrogens with one attached hydrogen (secondary N) is 1. The number of hydrogen-bond donors (Lipinski definition) is 1. The molecule has 0 aliphatic carbocycles. The van der Waals surface area contributed by atoms with Crippen molar-refractivity contribution in [2.75, 3.05) is 11.1 Å². The van der Waals surface area contributed by atoms with Gasteiger partial charge < -0.3 is 5.32 Å². The molecule has 0 saturated heterocycles. The lowest BCUT2D eigenvalue weighted by Gasteiger charge is -2.11. The summed E-state index contributed by atoms with van der Waals surface area (Å²) in [6, 6.07) is 13.4. The molecule has 0 atom stereocenters. The number of anilines is 1. The topological polar surface area (TPSA) is 81.3 Å². The van der Waals surface area contributed by atoms with Gasteiger partial charge in [0.25, 0.3) is 5.56 Å². The highest BCUT2D eigenvalue weighted by molar-refractivity contribution is 7.99. The van der Waals surface area contributed by atoms with E-state index in [1.807, 2.05) is 67.6 Å². The van der Waals surface area contributed by atoms with Crippen molar-refractivity contribution in [2.24, 2.45) is 0 Å². The second-order valence-electron chi connectivity index (χ2n) is 7.25. The van der Waals surface area contributed by atoms with E-state index in [1.54, 1.807) is 4.57 Å². The maximum atomic E-state index is 12.9. The Kier molecular flexibility index (Phi) is 5.59. The minimum absolute atomic E-state index is 0.0726. The number of thioether (sulfide) groups is 1. The maximum absolute atomic E-state index is 12.9. The van der Waals surface area contributed by atoms with Gasteiger partial charge in [0, 0.05) is 12.2 Å². The highest BCUT2D eigenvalue weighted by Crippen LogP contribution is 2.22. The quantitative estimate of drug-likeness (QED) is 0.479. The van der Waals surface area contributed by atoms with Crippen molar-refractivity contribution in [1.29, 1.82) is 0 Å². The third-order valence-corrected chi connectivity index (χ3v) is 5.85. The van der Waals surface area contributed by atoms with Crippen molar-refractivity contribution in [3.8, 4) is 0 Å². The summed E-state index contributed by atoms with van der Waals surface area (Å²) in [5, 5.41) is 12.7. The highest BCUT2D eigenvalue weighted by Gasteiger charge is 2.17. The smallest absolute Gasteiger partial charge is 0.262 e. The second kappa shape index (κ2) is 8.31. The van der Waals surface area contributed by atoms with Gasteiger partial charge in [-0.25, -0.2) is 0 Å². The van der Waals surface area contributed by atoms with E-state index in [9.17, 15) is 9.59 Å². The normalized spacial score (nSPS) is 11.3. The Morgan fingerprint density at radius 2 is 1.93 bits per heavy atom. The molecule has 154 valence electrons. The van der Waals surface area contributed by atoms with Crippen LogP contribution in [0.3, 0.4) is 0 Å². The van der Waals surface area contributed by atoms with Crippen LogP contribution in [0.4, 0.5) is 5.69 Å². The minimum Gasteiger partial charge on any atom is -0.325 e. The molecular weight excluding hydrogens is 398 g/mol. The molecule has 4 aromatic rings. The molecule has 7 nitrogen and oxygen atoms in total. The van der Waals surface area contributed by atoms with Crippen LogP contribution in [0.15, 0.2) is 52.4 Å². The molecule has 1 N–H and O–H groups in total. The first kappa shape index (κ1) is 20.2. The predicted molar refractivity (Wildman–Crippen MR) is 120 cm³/mol. The molecule has 2 aromatic carbocycles. The number of aromatic nitrogens is 4. The zero-order valence-electron chi connectivity index (χ0n) is 17.2. The number of amides is 1. The molecule has 2 heterocycles. The molecule has 2 aromatic heterocycles. The van der Waals surface area contributed by atoms with Gasteiger partial charge in [0.2, 0.25) is 11.7 Å². The molecule has 0 aliphatic rings. The average molecular weight is 422 g/mol. The molecular formula is C22H23N5O2S. The first-order valence-corrected chi connectivity index (χ1v) is 10.8. The van der Waals surface area contributed by atoms with E-state index in [2.05, 4.69) is 15.5 Å². The van der Waals surface area contributed by atoms with Crippen LogP contribution in [0.25, 0.3) is 16.7 Å². The number of fused-ring (bicyclic) bond motifs is 3. The molecule has 8 heteroatoms. The Morgan fingerprint density at radius 3 is 2.73 bits per heavy atom. The summed E-state index contributed by atoms with van der Waals surface area (Å²) in [6.07, 6.45) is 0.807. The number of carbonyl (C=O) groups excluding carboxylic acids is 1. The Labute approximate surface area is 178 Å². The fourth-order valence-corrected chi connectivity index (χ4v) is 4.18. The number of para-hydroxylation sites is 1. The summed E-state index contributed by atoms with van der Waals surface area (Å²) in [4.78, 5) is 25.4. The Morgan fingerprint density at radius 1 is 1.13 bits per heavy atom. The molecule has 0 bridgehead atoms. The summed E-state index contributed by atoms with van der Waals surface area (Å²) < 4.78 is 3.51. The van der Waals surface area contributed by atoms with Crippen LogP contribution in [-0.2, 0) is 11.3 Å². The summed E-state index contributed by atoms with van der Waals surface area (Å²) in [5.41, 5.74) is 3.59. The fourth-order valence-electron chi connectivity index (χ4n) is 3.44. The van der Waals surface area contributed by atoms with Gasteiger partial charge in [-0.1, -0.05) is 43.0 Å². The Balaban J connectivity index is 1.66. The predicted octanol–water partition coefficient (Wildman–Crippen LogP) is 3.80. The second-order valence-corrected chi connectivity index (χ2v) is 8.19. The molecule has 0 saturated carbocycles. The van der Waals surface area contributed by atoms with E-state index in [-0.39, 0.29) is 17.2 Å². The van der Waals surface area contributed by atoms with Crippen LogP contribution in [0, 0.1) is 13.8 Å². The van der Waals surface area contributed by atoms with Gasteiger partial charge in [-0.3, -0.25) is 18.6 Å². The summed E-state index contributed by atoms with van der Waals surface area (Å²) >= 11 is 1.30. The fraction of sp³-hybridized carbons (Fsp3) is 0.273. The Bertz CT molecular complexity index is 1310. The third kappa shape index (κ3) is 3.70. The zero-order valence-corrected chi connectivity index (χ0v) is 18.0. The van der Waals surface area contributed by atoms with E-state index in [0.717, 1.165) is 28.8 Å². The van der Waals surface area contributed by atoms with E-state index in [4.69, 9.17) is 0 Å². The minimum atomic E-state index is -0.114. The number of hydrogen-bond acceptors (Lipinski definition) is 5. The molecule has 30 heavy (non-hydrogen) atoms.